The number of aliphatic carboxylic acids is 2. The van der Waals surface area contributed by atoms with E-state index in [2.05, 4.69) is 0 Å². The molecule has 0 saturated carbocycles. The van der Waals surface area contributed by atoms with E-state index in [0.717, 1.165) is 20.9 Å². The fourth-order valence-corrected chi connectivity index (χ4v) is 4.67. The van der Waals surface area contributed by atoms with Gasteiger partial charge in [0.15, 0.2) is 5.78 Å². The van der Waals surface area contributed by atoms with Crippen molar-refractivity contribution in [3.63, 3.8) is 0 Å². The van der Waals surface area contributed by atoms with E-state index >= 15 is 0 Å². The van der Waals surface area contributed by atoms with Gasteiger partial charge in [0, 0.05) is 43.6 Å². The SMILES string of the molecule is C/C(=C\C(=O)O)C(C)Sc1ccc(C(=O)c2ccc(SC(C)/C(C)=C/C(=O)O)cc2)cc1. The van der Waals surface area contributed by atoms with Gasteiger partial charge >= 0.3 is 11.9 Å². The van der Waals surface area contributed by atoms with Gasteiger partial charge in [-0.25, -0.2) is 9.59 Å². The van der Waals surface area contributed by atoms with Crippen LogP contribution in [0.3, 0.4) is 0 Å². The fraction of sp³-hybridized carbons (Fsp3) is 0.240. The van der Waals surface area contributed by atoms with E-state index in [1.54, 1.807) is 38.1 Å². The molecule has 2 N–H and O–H groups in total. The van der Waals surface area contributed by atoms with Gasteiger partial charge in [-0.15, -0.1) is 23.5 Å². The molecule has 5 nitrogen and oxygen atoms in total. The maximum atomic E-state index is 12.8. The highest BCUT2D eigenvalue weighted by Gasteiger charge is 2.13. The number of hydrogen-bond acceptors (Lipinski definition) is 5. The Labute approximate surface area is 196 Å². The van der Waals surface area contributed by atoms with Crippen molar-refractivity contribution in [2.45, 2.75) is 48.0 Å². The predicted octanol–water partition coefficient (Wildman–Crippen LogP) is 5.94. The minimum absolute atomic E-state index is 0.00840. The first-order valence-corrected chi connectivity index (χ1v) is 11.7. The van der Waals surface area contributed by atoms with Crippen LogP contribution < -0.4 is 0 Å². The van der Waals surface area contributed by atoms with E-state index in [1.165, 1.54) is 35.7 Å². The zero-order chi connectivity index (χ0) is 23.8. The van der Waals surface area contributed by atoms with E-state index in [0.29, 0.717) is 11.1 Å². The number of thioether (sulfide) groups is 2. The summed E-state index contributed by atoms with van der Waals surface area (Å²) < 4.78 is 0. The molecule has 0 spiro atoms. The first-order valence-electron chi connectivity index (χ1n) is 9.97. The molecule has 0 radical (unpaired) electrons. The molecule has 0 fully saturated rings. The van der Waals surface area contributed by atoms with Gasteiger partial charge in [0.25, 0.3) is 0 Å². The van der Waals surface area contributed by atoms with E-state index in [4.69, 9.17) is 10.2 Å². The van der Waals surface area contributed by atoms with E-state index in [1.807, 2.05) is 38.1 Å². The Bertz CT molecular complexity index is 954. The van der Waals surface area contributed by atoms with Gasteiger partial charge in [-0.1, -0.05) is 11.1 Å². The quantitative estimate of drug-likeness (QED) is 0.252. The molecule has 32 heavy (non-hydrogen) atoms. The minimum atomic E-state index is -0.957. The zero-order valence-corrected chi connectivity index (χ0v) is 20.0. The van der Waals surface area contributed by atoms with Gasteiger partial charge in [0.05, 0.1) is 0 Å². The van der Waals surface area contributed by atoms with Crippen LogP contribution in [-0.2, 0) is 9.59 Å². The molecule has 0 aliphatic carbocycles. The second-order valence-corrected chi connectivity index (χ2v) is 10.2. The van der Waals surface area contributed by atoms with Crippen molar-refractivity contribution in [2.24, 2.45) is 0 Å². The van der Waals surface area contributed by atoms with Crippen LogP contribution in [0.4, 0.5) is 0 Å². The summed E-state index contributed by atoms with van der Waals surface area (Å²) in [6, 6.07) is 14.6. The zero-order valence-electron chi connectivity index (χ0n) is 18.4. The molecule has 0 aromatic heterocycles. The Hall–Kier alpha value is -2.77. The molecule has 0 amide bonds. The average Bonchev–Trinajstić information content (AvgIpc) is 2.73. The summed E-state index contributed by atoms with van der Waals surface area (Å²) in [5, 5.41) is 17.8. The third kappa shape index (κ3) is 7.73. The van der Waals surface area contributed by atoms with Crippen molar-refractivity contribution < 1.29 is 24.6 Å². The normalized spacial score (nSPS) is 14.0. The standard InChI is InChI=1S/C25H26O5S2/c1-15(13-23(26)27)17(3)31-21-9-5-19(6-10-21)25(30)20-7-11-22(12-8-20)32-18(4)16(2)14-24(28)29/h5-14,17-18H,1-4H3,(H,26,27)(H,28,29)/b15-13+,16-14+. The van der Waals surface area contributed by atoms with Crippen molar-refractivity contribution in [1.29, 1.82) is 0 Å². The summed E-state index contributed by atoms with van der Waals surface area (Å²) in [6.45, 7) is 7.46. The van der Waals surface area contributed by atoms with Crippen LogP contribution >= 0.6 is 23.5 Å². The largest absolute Gasteiger partial charge is 0.478 e. The molecule has 168 valence electrons. The minimum Gasteiger partial charge on any atom is -0.478 e. The second-order valence-electron chi connectivity index (χ2n) is 7.35. The van der Waals surface area contributed by atoms with Gasteiger partial charge in [-0.05, 0) is 76.2 Å². The molecular weight excluding hydrogens is 444 g/mol. The molecule has 2 unspecified atom stereocenters. The monoisotopic (exact) mass is 470 g/mol. The molecule has 0 heterocycles. The Morgan fingerprint density at radius 3 is 1.28 bits per heavy atom. The van der Waals surface area contributed by atoms with Gasteiger partial charge in [0.2, 0.25) is 0 Å². The van der Waals surface area contributed by atoms with Gasteiger partial charge in [-0.2, -0.15) is 0 Å². The van der Waals surface area contributed by atoms with Crippen LogP contribution in [0, 0.1) is 0 Å². The summed E-state index contributed by atoms with van der Waals surface area (Å²) in [6.07, 6.45) is 2.42. The van der Waals surface area contributed by atoms with Gasteiger partial charge in [-0.3, -0.25) is 4.79 Å². The highest BCUT2D eigenvalue weighted by atomic mass is 32.2. The van der Waals surface area contributed by atoms with Gasteiger partial charge < -0.3 is 10.2 Å². The molecule has 0 bridgehead atoms. The van der Waals surface area contributed by atoms with Crippen molar-refractivity contribution in [3.8, 4) is 0 Å². The molecule has 2 rings (SSSR count). The van der Waals surface area contributed by atoms with Gasteiger partial charge in [0.1, 0.15) is 0 Å². The third-order valence-corrected chi connectivity index (χ3v) is 7.38. The van der Waals surface area contributed by atoms with Crippen molar-refractivity contribution >= 4 is 41.2 Å². The Morgan fingerprint density at radius 2 is 1.00 bits per heavy atom. The summed E-state index contributed by atoms with van der Waals surface area (Å²) in [7, 11) is 0. The maximum Gasteiger partial charge on any atom is 0.328 e. The van der Waals surface area contributed by atoms with Crippen LogP contribution in [0.25, 0.3) is 0 Å². The number of rotatable bonds is 10. The Balaban J connectivity index is 2.04. The molecule has 2 aromatic rings. The van der Waals surface area contributed by atoms with Crippen LogP contribution in [0.5, 0.6) is 0 Å². The first-order chi connectivity index (χ1) is 15.1. The lowest BCUT2D eigenvalue weighted by molar-refractivity contribution is -0.132. The Kier molecular flexibility index (Phi) is 9.35. The van der Waals surface area contributed by atoms with Crippen LogP contribution in [0.15, 0.2) is 81.6 Å². The van der Waals surface area contributed by atoms with Crippen molar-refractivity contribution in [1.82, 2.24) is 0 Å². The highest BCUT2D eigenvalue weighted by molar-refractivity contribution is 8.00. The summed E-state index contributed by atoms with van der Waals surface area (Å²) in [4.78, 5) is 36.4. The van der Waals surface area contributed by atoms with Crippen molar-refractivity contribution in [2.75, 3.05) is 0 Å². The topological polar surface area (TPSA) is 91.7 Å². The lowest BCUT2D eigenvalue weighted by Gasteiger charge is -2.12. The van der Waals surface area contributed by atoms with Crippen LogP contribution in [0.2, 0.25) is 0 Å². The van der Waals surface area contributed by atoms with Crippen molar-refractivity contribution in [3.05, 3.63) is 83.0 Å². The molecule has 0 aliphatic heterocycles. The number of carbonyl (C=O) groups is 3. The second kappa shape index (κ2) is 11.7. The molecule has 0 aliphatic rings. The Morgan fingerprint density at radius 1 is 0.688 bits per heavy atom. The van der Waals surface area contributed by atoms with Crippen LogP contribution in [-0.4, -0.2) is 38.4 Å². The van der Waals surface area contributed by atoms with E-state index in [-0.39, 0.29) is 16.3 Å². The van der Waals surface area contributed by atoms with E-state index in [9.17, 15) is 14.4 Å². The lowest BCUT2D eigenvalue weighted by atomic mass is 10.0. The maximum absolute atomic E-state index is 12.8. The average molecular weight is 471 g/mol. The predicted molar refractivity (Wildman–Crippen MR) is 130 cm³/mol. The number of carbonyl (C=O) groups excluding carboxylic acids is 1. The summed E-state index contributed by atoms with van der Waals surface area (Å²) >= 11 is 3.07. The molecule has 7 heteroatoms. The third-order valence-electron chi connectivity index (χ3n) is 4.84. The molecule has 0 saturated heterocycles. The summed E-state index contributed by atoms with van der Waals surface area (Å²) in [5.41, 5.74) is 2.69. The molecular formula is C25H26O5S2. The number of benzene rings is 2. The first kappa shape index (κ1) is 25.5. The van der Waals surface area contributed by atoms with E-state index < -0.39 is 11.9 Å². The number of ketones is 1. The van der Waals surface area contributed by atoms with Crippen LogP contribution in [0.1, 0.15) is 43.6 Å². The highest BCUT2D eigenvalue weighted by Crippen LogP contribution is 2.29. The molecule has 2 atom stereocenters. The number of hydrogen-bond donors (Lipinski definition) is 2. The fourth-order valence-electron chi connectivity index (χ4n) is 2.75. The summed E-state index contributed by atoms with van der Waals surface area (Å²) in [5.74, 6) is -1.99. The number of carboxylic acids is 2. The number of carboxylic acid groups (broad SMARTS) is 2. The smallest absolute Gasteiger partial charge is 0.328 e. The molecule has 2 aromatic carbocycles. The lowest BCUT2D eigenvalue weighted by Crippen LogP contribution is -2.03.